The van der Waals surface area contributed by atoms with Crippen LogP contribution in [0.4, 0.5) is 29.3 Å². The minimum atomic E-state index is -4.55. The zero-order valence-corrected chi connectivity index (χ0v) is 18.0. The number of rotatable bonds is 5. The van der Waals surface area contributed by atoms with Gasteiger partial charge in [-0.2, -0.15) is 13.2 Å². The highest BCUT2D eigenvalue weighted by Crippen LogP contribution is 2.31. The fourth-order valence-electron chi connectivity index (χ4n) is 2.55. The second kappa shape index (κ2) is 9.71. The summed E-state index contributed by atoms with van der Waals surface area (Å²) in [6.45, 7) is 6.47. The molecule has 2 aromatic rings. The van der Waals surface area contributed by atoms with Gasteiger partial charge in [-0.15, -0.1) is 0 Å². The number of hydrogen-bond donors (Lipinski definition) is 3. The van der Waals surface area contributed by atoms with E-state index in [1.54, 1.807) is 32.9 Å². The van der Waals surface area contributed by atoms with Gasteiger partial charge in [0.15, 0.2) is 0 Å². The van der Waals surface area contributed by atoms with Crippen molar-refractivity contribution in [2.75, 3.05) is 10.6 Å². The van der Waals surface area contributed by atoms with Crippen LogP contribution in [0, 0.1) is 0 Å². The Hall–Kier alpha value is -3.56. The lowest BCUT2D eigenvalue weighted by molar-refractivity contribution is -0.137. The van der Waals surface area contributed by atoms with Crippen LogP contribution in [-0.4, -0.2) is 29.6 Å². The summed E-state index contributed by atoms with van der Waals surface area (Å²) in [5.41, 5.74) is -1.54. The van der Waals surface area contributed by atoms with Gasteiger partial charge in [-0.05, 0) is 58.0 Å². The average molecular weight is 451 g/mol. The molecule has 0 aromatic heterocycles. The van der Waals surface area contributed by atoms with Crippen LogP contribution in [0.2, 0.25) is 0 Å². The van der Waals surface area contributed by atoms with Crippen molar-refractivity contribution in [1.29, 1.82) is 0 Å². The van der Waals surface area contributed by atoms with Gasteiger partial charge in [0.25, 0.3) is 5.91 Å². The normalized spacial score (nSPS) is 12.5. The van der Waals surface area contributed by atoms with E-state index in [2.05, 4.69) is 16.0 Å². The maximum absolute atomic E-state index is 12.9. The molecule has 10 heteroatoms. The van der Waals surface area contributed by atoms with Crippen molar-refractivity contribution in [3.63, 3.8) is 0 Å². The quantitative estimate of drug-likeness (QED) is 0.608. The minimum Gasteiger partial charge on any atom is -0.444 e. The van der Waals surface area contributed by atoms with E-state index in [1.807, 2.05) is 0 Å². The summed E-state index contributed by atoms with van der Waals surface area (Å²) >= 11 is 0. The van der Waals surface area contributed by atoms with Gasteiger partial charge >= 0.3 is 12.3 Å². The van der Waals surface area contributed by atoms with E-state index < -0.39 is 41.3 Å². The van der Waals surface area contributed by atoms with Crippen LogP contribution in [0.5, 0.6) is 0 Å². The first-order valence-electron chi connectivity index (χ1n) is 9.64. The van der Waals surface area contributed by atoms with Crippen LogP contribution in [0.3, 0.4) is 0 Å². The summed E-state index contributed by atoms with van der Waals surface area (Å²) in [6, 6.07) is 9.20. The Bertz CT molecular complexity index is 1000. The molecular weight excluding hydrogens is 427 g/mol. The number of alkyl halides is 3. The van der Waals surface area contributed by atoms with Crippen LogP contribution in [-0.2, 0) is 15.7 Å². The molecule has 0 saturated carbocycles. The number of carbonyl (C=O) groups excluding carboxylic acids is 3. The van der Waals surface area contributed by atoms with Gasteiger partial charge in [0.05, 0.1) is 16.8 Å². The van der Waals surface area contributed by atoms with Gasteiger partial charge in [-0.25, -0.2) is 4.79 Å². The Labute approximate surface area is 183 Å². The Morgan fingerprint density at radius 2 is 1.59 bits per heavy atom. The second-order valence-electron chi connectivity index (χ2n) is 7.94. The van der Waals surface area contributed by atoms with E-state index in [0.29, 0.717) is 0 Å². The second-order valence-corrected chi connectivity index (χ2v) is 7.94. The van der Waals surface area contributed by atoms with Gasteiger partial charge < -0.3 is 20.7 Å². The number of alkyl carbamates (subject to hydrolysis) is 1. The van der Waals surface area contributed by atoms with Crippen molar-refractivity contribution in [2.45, 2.75) is 45.5 Å². The molecule has 2 aromatic carbocycles. The predicted octanol–water partition coefficient (Wildman–Crippen LogP) is 4.81. The zero-order valence-electron chi connectivity index (χ0n) is 18.0. The third-order valence-corrected chi connectivity index (χ3v) is 4.00. The summed E-state index contributed by atoms with van der Waals surface area (Å²) in [5, 5.41) is 7.31. The van der Waals surface area contributed by atoms with E-state index in [1.165, 1.54) is 31.2 Å². The molecule has 0 radical (unpaired) electrons. The first kappa shape index (κ1) is 24.7. The van der Waals surface area contributed by atoms with Crippen LogP contribution >= 0.6 is 0 Å². The zero-order chi connectivity index (χ0) is 24.1. The highest BCUT2D eigenvalue weighted by Gasteiger charge is 2.30. The molecule has 0 unspecified atom stereocenters. The number of nitrogens with one attached hydrogen (secondary N) is 3. The SMILES string of the molecule is C[C@H](NC(=O)OC(C)(C)C)C(=O)Nc1ccccc1C(=O)Nc1cccc(C(F)(F)F)c1. The van der Waals surface area contributed by atoms with Gasteiger partial charge in [0.1, 0.15) is 11.6 Å². The molecule has 3 amide bonds. The number of hydrogen-bond acceptors (Lipinski definition) is 4. The number of carbonyl (C=O) groups is 3. The lowest BCUT2D eigenvalue weighted by Gasteiger charge is -2.22. The Kier molecular flexibility index (Phi) is 7.50. The Morgan fingerprint density at radius 3 is 2.22 bits per heavy atom. The molecule has 0 aliphatic rings. The van der Waals surface area contributed by atoms with Crippen molar-refractivity contribution in [3.05, 3.63) is 59.7 Å². The maximum Gasteiger partial charge on any atom is 0.416 e. The third-order valence-electron chi connectivity index (χ3n) is 4.00. The van der Waals surface area contributed by atoms with Crippen LogP contribution in [0.25, 0.3) is 0 Å². The number of amides is 3. The van der Waals surface area contributed by atoms with Crippen LogP contribution in [0.1, 0.15) is 43.6 Å². The van der Waals surface area contributed by atoms with E-state index in [-0.39, 0.29) is 16.9 Å². The highest BCUT2D eigenvalue weighted by atomic mass is 19.4. The van der Waals surface area contributed by atoms with Crippen LogP contribution in [0.15, 0.2) is 48.5 Å². The van der Waals surface area contributed by atoms with Crippen molar-refractivity contribution in [2.24, 2.45) is 0 Å². The molecule has 172 valence electrons. The lowest BCUT2D eigenvalue weighted by Crippen LogP contribution is -2.44. The van der Waals surface area contributed by atoms with Gasteiger partial charge in [-0.1, -0.05) is 18.2 Å². The summed E-state index contributed by atoms with van der Waals surface area (Å²) in [6.07, 6.45) is -5.33. The first-order chi connectivity index (χ1) is 14.8. The number of benzene rings is 2. The Balaban J connectivity index is 2.11. The van der Waals surface area contributed by atoms with Crippen molar-refractivity contribution in [3.8, 4) is 0 Å². The minimum absolute atomic E-state index is 0.0303. The van der Waals surface area contributed by atoms with Crippen LogP contribution < -0.4 is 16.0 Å². The van der Waals surface area contributed by atoms with E-state index in [9.17, 15) is 27.6 Å². The van der Waals surface area contributed by atoms with Crippen molar-refractivity contribution < 1.29 is 32.3 Å². The molecule has 3 N–H and O–H groups in total. The predicted molar refractivity (Wildman–Crippen MR) is 113 cm³/mol. The molecule has 0 aliphatic carbocycles. The largest absolute Gasteiger partial charge is 0.444 e. The number of anilines is 2. The lowest BCUT2D eigenvalue weighted by atomic mass is 10.1. The van der Waals surface area contributed by atoms with Gasteiger partial charge in [0, 0.05) is 5.69 Å². The molecule has 1 atom stereocenters. The molecule has 32 heavy (non-hydrogen) atoms. The van der Waals surface area contributed by atoms with Gasteiger partial charge in [0.2, 0.25) is 5.91 Å². The number of halogens is 3. The molecule has 0 aliphatic heterocycles. The molecule has 0 spiro atoms. The fraction of sp³-hybridized carbons (Fsp3) is 0.318. The fourth-order valence-corrected chi connectivity index (χ4v) is 2.55. The van der Waals surface area contributed by atoms with E-state index in [4.69, 9.17) is 4.74 Å². The van der Waals surface area contributed by atoms with Crippen molar-refractivity contribution in [1.82, 2.24) is 5.32 Å². The smallest absolute Gasteiger partial charge is 0.416 e. The van der Waals surface area contributed by atoms with Crippen molar-refractivity contribution >= 4 is 29.3 Å². The van der Waals surface area contributed by atoms with Gasteiger partial charge in [-0.3, -0.25) is 9.59 Å². The number of para-hydroxylation sites is 1. The summed E-state index contributed by atoms with van der Waals surface area (Å²) < 4.78 is 43.8. The van der Waals surface area contributed by atoms with E-state index >= 15 is 0 Å². The average Bonchev–Trinajstić information content (AvgIpc) is 2.66. The third kappa shape index (κ3) is 7.29. The maximum atomic E-state index is 12.9. The molecule has 0 bridgehead atoms. The Morgan fingerprint density at radius 1 is 0.938 bits per heavy atom. The van der Waals surface area contributed by atoms with E-state index in [0.717, 1.165) is 12.1 Å². The number of ether oxygens (including phenoxy) is 1. The molecule has 7 nitrogen and oxygen atoms in total. The summed E-state index contributed by atoms with van der Waals surface area (Å²) in [5.74, 6) is -1.33. The monoisotopic (exact) mass is 451 g/mol. The standard InChI is InChI=1S/C22H24F3N3O4/c1-13(26-20(31)32-21(2,3)4)18(29)28-17-11-6-5-10-16(17)19(30)27-15-9-7-8-14(12-15)22(23,24)25/h5-13H,1-4H3,(H,26,31)(H,27,30)(H,28,29)/t13-/m0/s1. The highest BCUT2D eigenvalue weighted by molar-refractivity contribution is 6.10. The molecular formula is C22H24F3N3O4. The molecule has 0 saturated heterocycles. The summed E-state index contributed by atoms with van der Waals surface area (Å²) in [4.78, 5) is 37.0. The topological polar surface area (TPSA) is 96.5 Å². The first-order valence-corrected chi connectivity index (χ1v) is 9.64. The molecule has 0 heterocycles. The molecule has 2 rings (SSSR count). The molecule has 0 fully saturated rings. The summed E-state index contributed by atoms with van der Waals surface area (Å²) in [7, 11) is 0.